The number of aliphatic hydroxyl groups is 1. The maximum atomic E-state index is 11.4. The van der Waals surface area contributed by atoms with Crippen molar-refractivity contribution in [3.05, 3.63) is 28.2 Å². The van der Waals surface area contributed by atoms with Crippen LogP contribution in [0.3, 0.4) is 0 Å². The van der Waals surface area contributed by atoms with Gasteiger partial charge in [0.05, 0.1) is 11.1 Å². The number of carbonyl (C=O) groups excluding carboxylic acids is 1. The highest BCUT2D eigenvalue weighted by Gasteiger charge is 2.06. The van der Waals surface area contributed by atoms with Crippen LogP contribution in [0.5, 0.6) is 5.75 Å². The summed E-state index contributed by atoms with van der Waals surface area (Å²) in [5.74, 6) is 0.147. The number of ether oxygens (including phenoxy) is 1. The van der Waals surface area contributed by atoms with Crippen LogP contribution in [0.15, 0.2) is 18.2 Å². The van der Waals surface area contributed by atoms with Crippen LogP contribution in [-0.4, -0.2) is 30.3 Å². The molecule has 1 unspecified atom stereocenters. The van der Waals surface area contributed by atoms with E-state index in [1.807, 2.05) is 0 Å². The molecule has 0 saturated carbocycles. The van der Waals surface area contributed by atoms with E-state index in [4.69, 9.17) is 33.0 Å². The highest BCUT2D eigenvalue weighted by Crippen LogP contribution is 2.27. The van der Waals surface area contributed by atoms with Crippen LogP contribution in [0.25, 0.3) is 0 Å². The maximum absolute atomic E-state index is 11.4. The molecule has 1 aromatic carbocycles. The highest BCUT2D eigenvalue weighted by atomic mass is 35.5. The molecule has 0 heterocycles. The molecule has 100 valence electrons. The predicted molar refractivity (Wildman–Crippen MR) is 71.3 cm³/mol. The van der Waals surface area contributed by atoms with E-state index < -0.39 is 6.10 Å². The minimum atomic E-state index is -0.433. The van der Waals surface area contributed by atoms with Gasteiger partial charge in [-0.1, -0.05) is 23.2 Å². The third kappa shape index (κ3) is 5.58. The molecule has 0 bridgehead atoms. The Morgan fingerprint density at radius 1 is 1.50 bits per heavy atom. The van der Waals surface area contributed by atoms with Crippen molar-refractivity contribution in [3.8, 4) is 5.75 Å². The molecule has 2 N–H and O–H groups in total. The lowest BCUT2D eigenvalue weighted by Crippen LogP contribution is -2.31. The Hall–Kier alpha value is -0.970. The summed E-state index contributed by atoms with van der Waals surface area (Å²) in [6.45, 7) is 1.95. The van der Waals surface area contributed by atoms with Gasteiger partial charge in [-0.3, -0.25) is 4.79 Å². The topological polar surface area (TPSA) is 58.6 Å². The first-order valence-corrected chi connectivity index (χ1v) is 6.27. The minimum absolute atomic E-state index is 0.124. The number of hydrogen-bond donors (Lipinski definition) is 2. The first-order valence-electron chi connectivity index (χ1n) is 5.51. The Morgan fingerprint density at radius 3 is 2.83 bits per heavy atom. The van der Waals surface area contributed by atoms with E-state index in [0.717, 1.165) is 0 Å². The summed E-state index contributed by atoms with van der Waals surface area (Å²) >= 11 is 11.6. The molecule has 1 aromatic rings. The molecule has 0 aliphatic carbocycles. The standard InChI is InChI=1S/C12H15Cl2NO3/c1-8(16)4-5-15-12(17)7-18-11-3-2-9(13)6-10(11)14/h2-3,6,8,16H,4-5,7H2,1H3,(H,15,17). The monoisotopic (exact) mass is 291 g/mol. The van der Waals surface area contributed by atoms with Crippen molar-refractivity contribution in [2.75, 3.05) is 13.2 Å². The summed E-state index contributed by atoms with van der Waals surface area (Å²) in [4.78, 5) is 11.4. The first-order chi connectivity index (χ1) is 8.49. The van der Waals surface area contributed by atoms with E-state index in [9.17, 15) is 4.79 Å². The van der Waals surface area contributed by atoms with Crippen LogP contribution in [0.4, 0.5) is 0 Å². The van der Waals surface area contributed by atoms with Crippen LogP contribution in [-0.2, 0) is 4.79 Å². The van der Waals surface area contributed by atoms with E-state index in [0.29, 0.717) is 28.8 Å². The van der Waals surface area contributed by atoms with Crippen LogP contribution >= 0.6 is 23.2 Å². The van der Waals surface area contributed by atoms with E-state index in [1.54, 1.807) is 25.1 Å². The van der Waals surface area contributed by atoms with Crippen molar-refractivity contribution in [3.63, 3.8) is 0 Å². The van der Waals surface area contributed by atoms with Crippen LogP contribution in [0.2, 0.25) is 10.0 Å². The number of carbonyl (C=O) groups is 1. The Kier molecular flexibility index (Phi) is 6.25. The summed E-state index contributed by atoms with van der Waals surface area (Å²) in [6, 6.07) is 4.78. The van der Waals surface area contributed by atoms with E-state index in [1.165, 1.54) is 0 Å². The second-order valence-corrected chi connectivity index (χ2v) is 4.69. The third-order valence-electron chi connectivity index (χ3n) is 2.14. The molecule has 0 spiro atoms. The number of benzene rings is 1. The van der Waals surface area contributed by atoms with Gasteiger partial charge in [0.15, 0.2) is 6.61 Å². The Bertz CT molecular complexity index is 410. The molecular weight excluding hydrogens is 277 g/mol. The summed E-state index contributed by atoms with van der Waals surface area (Å²) in [5.41, 5.74) is 0. The fraction of sp³-hybridized carbons (Fsp3) is 0.417. The van der Waals surface area contributed by atoms with Crippen molar-refractivity contribution in [1.82, 2.24) is 5.32 Å². The van der Waals surface area contributed by atoms with Crippen molar-refractivity contribution in [2.24, 2.45) is 0 Å². The molecule has 1 rings (SSSR count). The lowest BCUT2D eigenvalue weighted by atomic mass is 10.3. The molecule has 0 aliphatic rings. The van der Waals surface area contributed by atoms with Crippen molar-refractivity contribution >= 4 is 29.1 Å². The molecule has 0 saturated heterocycles. The van der Waals surface area contributed by atoms with Gasteiger partial charge in [-0.05, 0) is 31.5 Å². The molecule has 0 aromatic heterocycles. The largest absolute Gasteiger partial charge is 0.482 e. The summed E-state index contributed by atoms with van der Waals surface area (Å²) in [7, 11) is 0. The zero-order chi connectivity index (χ0) is 13.5. The van der Waals surface area contributed by atoms with Gasteiger partial charge in [0, 0.05) is 11.6 Å². The molecule has 4 nitrogen and oxygen atoms in total. The van der Waals surface area contributed by atoms with Crippen molar-refractivity contribution in [1.29, 1.82) is 0 Å². The van der Waals surface area contributed by atoms with Crippen molar-refractivity contribution < 1.29 is 14.6 Å². The molecule has 0 aliphatic heterocycles. The smallest absolute Gasteiger partial charge is 0.257 e. The van der Waals surface area contributed by atoms with E-state index >= 15 is 0 Å². The molecule has 0 fully saturated rings. The number of amides is 1. The number of rotatable bonds is 6. The highest BCUT2D eigenvalue weighted by molar-refractivity contribution is 6.35. The zero-order valence-corrected chi connectivity index (χ0v) is 11.5. The Morgan fingerprint density at radius 2 is 2.22 bits per heavy atom. The summed E-state index contributed by atoms with van der Waals surface area (Å²) in [6.07, 6.45) is 0.0740. The predicted octanol–water partition coefficient (Wildman–Crippen LogP) is 2.26. The van der Waals surface area contributed by atoms with E-state index in [-0.39, 0.29) is 12.5 Å². The second-order valence-electron chi connectivity index (χ2n) is 3.85. The van der Waals surface area contributed by atoms with Gasteiger partial charge in [0.25, 0.3) is 5.91 Å². The number of aliphatic hydroxyl groups excluding tert-OH is 1. The van der Waals surface area contributed by atoms with Crippen LogP contribution < -0.4 is 10.1 Å². The van der Waals surface area contributed by atoms with Crippen LogP contribution in [0, 0.1) is 0 Å². The average Bonchev–Trinajstić information content (AvgIpc) is 2.27. The summed E-state index contributed by atoms with van der Waals surface area (Å²) < 4.78 is 5.25. The van der Waals surface area contributed by atoms with Gasteiger partial charge in [-0.15, -0.1) is 0 Å². The van der Waals surface area contributed by atoms with Gasteiger partial charge in [-0.25, -0.2) is 0 Å². The molecule has 18 heavy (non-hydrogen) atoms. The quantitative estimate of drug-likeness (QED) is 0.845. The van der Waals surface area contributed by atoms with Gasteiger partial charge >= 0.3 is 0 Å². The van der Waals surface area contributed by atoms with Crippen LogP contribution in [0.1, 0.15) is 13.3 Å². The molecule has 6 heteroatoms. The molecule has 1 atom stereocenters. The zero-order valence-electron chi connectivity index (χ0n) is 9.95. The minimum Gasteiger partial charge on any atom is -0.482 e. The summed E-state index contributed by atoms with van der Waals surface area (Å²) in [5, 5.41) is 12.5. The maximum Gasteiger partial charge on any atom is 0.257 e. The first kappa shape index (κ1) is 15.1. The fourth-order valence-corrected chi connectivity index (χ4v) is 1.67. The van der Waals surface area contributed by atoms with Gasteiger partial charge in [-0.2, -0.15) is 0 Å². The number of nitrogens with one attached hydrogen (secondary N) is 1. The SMILES string of the molecule is CC(O)CCNC(=O)COc1ccc(Cl)cc1Cl. The normalized spacial score (nSPS) is 12.0. The number of halogens is 2. The second kappa shape index (κ2) is 7.46. The molecule has 1 amide bonds. The molecule has 0 radical (unpaired) electrons. The van der Waals surface area contributed by atoms with E-state index in [2.05, 4.69) is 5.32 Å². The lowest BCUT2D eigenvalue weighted by molar-refractivity contribution is -0.123. The van der Waals surface area contributed by atoms with Gasteiger partial charge in [0.1, 0.15) is 5.75 Å². The average molecular weight is 292 g/mol. The van der Waals surface area contributed by atoms with Gasteiger partial charge in [0.2, 0.25) is 0 Å². The third-order valence-corrected chi connectivity index (χ3v) is 2.67. The Labute approximate surface area is 116 Å². The fourth-order valence-electron chi connectivity index (χ4n) is 1.21. The van der Waals surface area contributed by atoms with Crippen molar-refractivity contribution in [2.45, 2.75) is 19.4 Å². The lowest BCUT2D eigenvalue weighted by Gasteiger charge is -2.09. The molecular formula is C12H15Cl2NO3. The Balaban J connectivity index is 2.33. The van der Waals surface area contributed by atoms with Gasteiger partial charge < -0.3 is 15.2 Å². The number of hydrogen-bond acceptors (Lipinski definition) is 3.